The quantitative estimate of drug-likeness (QED) is 0.904. The third-order valence-corrected chi connectivity index (χ3v) is 5.25. The van der Waals surface area contributed by atoms with Gasteiger partial charge in [0.05, 0.1) is 6.61 Å². The van der Waals surface area contributed by atoms with E-state index in [-0.39, 0.29) is 5.92 Å². The van der Waals surface area contributed by atoms with Crippen molar-refractivity contribution in [1.82, 2.24) is 0 Å². The third kappa shape index (κ3) is 2.27. The Kier molecular flexibility index (Phi) is 3.43. The number of carboxylic acid groups (broad SMARTS) is 1. The summed E-state index contributed by atoms with van der Waals surface area (Å²) in [4.78, 5) is 11.1. The van der Waals surface area contributed by atoms with E-state index in [0.717, 1.165) is 11.3 Å². The average molecular weight is 268 g/mol. The van der Waals surface area contributed by atoms with Gasteiger partial charge in [-0.15, -0.1) is 0 Å². The second kappa shape index (κ2) is 4.72. The van der Waals surface area contributed by atoms with Gasteiger partial charge in [0.1, 0.15) is 10.5 Å². The average Bonchev–Trinajstić information content (AvgIpc) is 2.72. The van der Waals surface area contributed by atoms with Gasteiger partial charge in [0.15, 0.2) is 0 Å². The van der Waals surface area contributed by atoms with Gasteiger partial charge >= 0.3 is 5.97 Å². The van der Waals surface area contributed by atoms with E-state index in [1.807, 2.05) is 24.3 Å². The number of fused-ring (bicyclic) bond motifs is 1. The van der Waals surface area contributed by atoms with Gasteiger partial charge < -0.3 is 9.84 Å². The fraction of sp³-hybridized carbons (Fsp3) is 0.462. The van der Waals surface area contributed by atoms with Gasteiger partial charge in [-0.3, -0.25) is 9.00 Å². The van der Waals surface area contributed by atoms with Crippen molar-refractivity contribution in [1.29, 1.82) is 0 Å². The molecule has 1 aliphatic rings. The highest BCUT2D eigenvalue weighted by molar-refractivity contribution is 7.87. The Bertz CT molecular complexity index is 496. The minimum absolute atomic E-state index is 0.0145. The molecule has 1 N–H and O–H groups in total. The van der Waals surface area contributed by atoms with Gasteiger partial charge in [0.2, 0.25) is 0 Å². The molecular formula is C13H16O4S. The number of rotatable bonds is 4. The highest BCUT2D eigenvalue weighted by Gasteiger charge is 2.37. The van der Waals surface area contributed by atoms with Crippen molar-refractivity contribution in [3.05, 3.63) is 29.8 Å². The Morgan fingerprint density at radius 2 is 2.17 bits per heavy atom. The number of ether oxygens (including phenoxy) is 1. The van der Waals surface area contributed by atoms with Gasteiger partial charge in [-0.1, -0.05) is 18.2 Å². The lowest BCUT2D eigenvalue weighted by Crippen LogP contribution is -2.38. The molecule has 98 valence electrons. The number of para-hydroxylation sites is 1. The van der Waals surface area contributed by atoms with Crippen LogP contribution < -0.4 is 4.74 Å². The van der Waals surface area contributed by atoms with Crippen molar-refractivity contribution >= 4 is 16.8 Å². The SMILES string of the molecule is CC(C)(C(=O)O)S(=O)CC1COc2ccccc21. The molecule has 0 aromatic heterocycles. The molecule has 1 aromatic carbocycles. The van der Waals surface area contributed by atoms with E-state index in [9.17, 15) is 9.00 Å². The molecular weight excluding hydrogens is 252 g/mol. The van der Waals surface area contributed by atoms with E-state index in [1.165, 1.54) is 13.8 Å². The summed E-state index contributed by atoms with van der Waals surface area (Å²) in [6.45, 7) is 3.46. The van der Waals surface area contributed by atoms with Crippen LogP contribution in [0.25, 0.3) is 0 Å². The maximum atomic E-state index is 12.1. The van der Waals surface area contributed by atoms with E-state index in [0.29, 0.717) is 12.4 Å². The van der Waals surface area contributed by atoms with Gasteiger partial charge in [0.25, 0.3) is 0 Å². The highest BCUT2D eigenvalue weighted by atomic mass is 32.2. The van der Waals surface area contributed by atoms with Crippen LogP contribution in [-0.2, 0) is 15.6 Å². The third-order valence-electron chi connectivity index (χ3n) is 3.24. The van der Waals surface area contributed by atoms with E-state index in [4.69, 9.17) is 9.84 Å². The van der Waals surface area contributed by atoms with Crippen LogP contribution >= 0.6 is 0 Å². The molecule has 2 atom stereocenters. The lowest BCUT2D eigenvalue weighted by atomic mass is 10.0. The molecule has 1 aliphatic heterocycles. The Hall–Kier alpha value is -1.36. The topological polar surface area (TPSA) is 63.6 Å². The lowest BCUT2D eigenvalue weighted by molar-refractivity contribution is -0.139. The van der Waals surface area contributed by atoms with Crippen LogP contribution in [0, 0.1) is 0 Å². The molecule has 2 rings (SSSR count). The molecule has 0 aliphatic carbocycles. The van der Waals surface area contributed by atoms with Crippen LogP contribution in [0.3, 0.4) is 0 Å². The zero-order valence-corrected chi connectivity index (χ0v) is 11.2. The molecule has 0 amide bonds. The molecule has 0 radical (unpaired) electrons. The number of hydrogen-bond donors (Lipinski definition) is 1. The summed E-state index contributed by atoms with van der Waals surface area (Å²) >= 11 is 0. The van der Waals surface area contributed by atoms with Gasteiger partial charge in [-0.25, -0.2) is 0 Å². The fourth-order valence-electron chi connectivity index (χ4n) is 1.86. The Labute approximate surface area is 108 Å². The predicted molar refractivity (Wildman–Crippen MR) is 69.4 cm³/mol. The van der Waals surface area contributed by atoms with E-state index >= 15 is 0 Å². The highest BCUT2D eigenvalue weighted by Crippen LogP contribution is 2.35. The maximum absolute atomic E-state index is 12.1. The van der Waals surface area contributed by atoms with Crippen molar-refractivity contribution in [2.75, 3.05) is 12.4 Å². The van der Waals surface area contributed by atoms with Crippen molar-refractivity contribution in [3.63, 3.8) is 0 Å². The normalized spacial score (nSPS) is 20.0. The zero-order valence-electron chi connectivity index (χ0n) is 10.4. The summed E-state index contributed by atoms with van der Waals surface area (Å²) in [5.74, 6) is 0.109. The molecule has 0 spiro atoms. The second-order valence-corrected chi connectivity index (χ2v) is 6.92. The first-order chi connectivity index (χ1) is 8.43. The Morgan fingerprint density at radius 3 is 2.83 bits per heavy atom. The van der Waals surface area contributed by atoms with Crippen molar-refractivity contribution in [2.24, 2.45) is 0 Å². The molecule has 0 bridgehead atoms. The largest absolute Gasteiger partial charge is 0.493 e. The molecule has 1 aromatic rings. The van der Waals surface area contributed by atoms with Crippen LogP contribution in [0.2, 0.25) is 0 Å². The van der Waals surface area contributed by atoms with Crippen LogP contribution in [-0.4, -0.2) is 32.4 Å². The number of carbonyl (C=O) groups is 1. The zero-order chi connectivity index (χ0) is 13.3. The summed E-state index contributed by atoms with van der Waals surface area (Å²) in [5.41, 5.74) is 1.02. The summed E-state index contributed by atoms with van der Waals surface area (Å²) in [5, 5.41) is 9.06. The van der Waals surface area contributed by atoms with Crippen molar-refractivity contribution in [2.45, 2.75) is 24.5 Å². The molecule has 2 unspecified atom stereocenters. The second-order valence-electron chi connectivity index (χ2n) is 4.87. The minimum Gasteiger partial charge on any atom is -0.493 e. The number of carboxylic acids is 1. The number of benzene rings is 1. The fourth-order valence-corrected chi connectivity index (χ4v) is 3.11. The summed E-state index contributed by atoms with van der Waals surface area (Å²) in [6.07, 6.45) is 0. The number of aliphatic carboxylic acids is 1. The molecule has 0 fully saturated rings. The first-order valence-electron chi connectivity index (χ1n) is 5.76. The molecule has 1 heterocycles. The first kappa shape index (κ1) is 13.1. The van der Waals surface area contributed by atoms with E-state index < -0.39 is 21.5 Å². The molecule has 0 saturated carbocycles. The van der Waals surface area contributed by atoms with Crippen LogP contribution in [0.4, 0.5) is 0 Å². The monoisotopic (exact) mass is 268 g/mol. The summed E-state index contributed by atoms with van der Waals surface area (Å²) in [7, 11) is -1.44. The number of hydrogen-bond acceptors (Lipinski definition) is 3. The van der Waals surface area contributed by atoms with Crippen molar-refractivity contribution in [3.8, 4) is 5.75 Å². The first-order valence-corrected chi connectivity index (χ1v) is 7.08. The minimum atomic E-state index is -1.44. The Balaban J connectivity index is 2.13. The molecule has 18 heavy (non-hydrogen) atoms. The predicted octanol–water partition coefficient (Wildman–Crippen LogP) is 1.77. The van der Waals surface area contributed by atoms with Gasteiger partial charge in [0, 0.05) is 28.0 Å². The van der Waals surface area contributed by atoms with Crippen LogP contribution in [0.1, 0.15) is 25.3 Å². The lowest BCUT2D eigenvalue weighted by Gasteiger charge is -2.20. The molecule has 5 heteroatoms. The van der Waals surface area contributed by atoms with E-state index in [2.05, 4.69) is 0 Å². The smallest absolute Gasteiger partial charge is 0.321 e. The summed E-state index contributed by atoms with van der Waals surface area (Å²) in [6, 6.07) is 7.61. The summed E-state index contributed by atoms with van der Waals surface area (Å²) < 4.78 is 16.4. The van der Waals surface area contributed by atoms with Crippen molar-refractivity contribution < 1.29 is 18.8 Å². The molecule has 4 nitrogen and oxygen atoms in total. The maximum Gasteiger partial charge on any atom is 0.321 e. The standard InChI is InChI=1S/C13H16O4S/c1-13(2,12(14)15)18(16)8-9-7-17-11-6-4-3-5-10(9)11/h3-6,9H,7-8H2,1-2H3,(H,14,15). The Morgan fingerprint density at radius 1 is 1.50 bits per heavy atom. The van der Waals surface area contributed by atoms with Crippen LogP contribution in [0.5, 0.6) is 5.75 Å². The van der Waals surface area contributed by atoms with Gasteiger partial charge in [-0.05, 0) is 19.9 Å². The van der Waals surface area contributed by atoms with Gasteiger partial charge in [-0.2, -0.15) is 0 Å². The molecule has 0 saturated heterocycles. The van der Waals surface area contributed by atoms with E-state index in [1.54, 1.807) is 0 Å². The van der Waals surface area contributed by atoms with Crippen LogP contribution in [0.15, 0.2) is 24.3 Å².